The van der Waals surface area contributed by atoms with Crippen LogP contribution in [0.15, 0.2) is 18.3 Å². The first-order valence-corrected chi connectivity index (χ1v) is 5.18. The second-order valence-corrected chi connectivity index (χ2v) is 3.73. The third-order valence-electron chi connectivity index (χ3n) is 2.38. The van der Waals surface area contributed by atoms with Crippen molar-refractivity contribution in [3.05, 3.63) is 24.0 Å². The molecule has 1 N–H and O–H groups in total. The molecule has 1 unspecified atom stereocenters. The van der Waals surface area contributed by atoms with Crippen molar-refractivity contribution in [2.45, 2.75) is 26.4 Å². The van der Waals surface area contributed by atoms with Crippen LogP contribution in [0.1, 0.15) is 26.0 Å². The molecule has 1 aromatic rings. The van der Waals surface area contributed by atoms with Crippen LogP contribution in [0.4, 0.5) is 18.9 Å². The summed E-state index contributed by atoms with van der Waals surface area (Å²) in [7, 11) is 0. The average molecular weight is 246 g/mol. The van der Waals surface area contributed by atoms with Crippen molar-refractivity contribution in [2.24, 2.45) is 5.92 Å². The molecule has 1 rings (SSSR count). The predicted molar refractivity (Wildman–Crippen MR) is 57.3 cm³/mol. The van der Waals surface area contributed by atoms with Crippen molar-refractivity contribution >= 4 is 11.6 Å². The zero-order chi connectivity index (χ0) is 13.1. The summed E-state index contributed by atoms with van der Waals surface area (Å²) in [6.45, 7) is 3.54. The molecule has 0 bridgehead atoms. The van der Waals surface area contributed by atoms with Gasteiger partial charge >= 0.3 is 6.18 Å². The van der Waals surface area contributed by atoms with Crippen LogP contribution < -0.4 is 5.32 Å². The highest BCUT2D eigenvalue weighted by molar-refractivity contribution is 5.92. The Morgan fingerprint density at radius 3 is 2.71 bits per heavy atom. The molecule has 1 aromatic heterocycles. The monoisotopic (exact) mass is 246 g/mol. The van der Waals surface area contributed by atoms with Crippen molar-refractivity contribution in [1.82, 2.24) is 4.98 Å². The molecule has 0 fully saturated rings. The van der Waals surface area contributed by atoms with E-state index in [2.05, 4.69) is 10.3 Å². The predicted octanol–water partition coefficient (Wildman–Crippen LogP) is 3.09. The van der Waals surface area contributed by atoms with E-state index in [1.807, 2.05) is 6.92 Å². The van der Waals surface area contributed by atoms with Crippen LogP contribution in [-0.4, -0.2) is 10.9 Å². The van der Waals surface area contributed by atoms with E-state index in [4.69, 9.17) is 0 Å². The van der Waals surface area contributed by atoms with E-state index in [0.717, 1.165) is 12.3 Å². The van der Waals surface area contributed by atoms with E-state index in [0.29, 0.717) is 6.42 Å². The summed E-state index contributed by atoms with van der Waals surface area (Å²) in [5.41, 5.74) is -0.905. The Morgan fingerprint density at radius 1 is 1.53 bits per heavy atom. The number of halogens is 3. The van der Waals surface area contributed by atoms with Crippen molar-refractivity contribution < 1.29 is 18.0 Å². The fraction of sp³-hybridized carbons (Fsp3) is 0.455. The van der Waals surface area contributed by atoms with Gasteiger partial charge in [0, 0.05) is 17.8 Å². The van der Waals surface area contributed by atoms with E-state index in [1.165, 1.54) is 6.07 Å². The van der Waals surface area contributed by atoms with Gasteiger partial charge in [-0.05, 0) is 18.6 Å². The second kappa shape index (κ2) is 5.16. The van der Waals surface area contributed by atoms with Crippen LogP contribution in [0, 0.1) is 5.92 Å². The molecule has 0 aliphatic heterocycles. The molecule has 1 heterocycles. The van der Waals surface area contributed by atoms with Crippen LogP contribution in [0.3, 0.4) is 0 Å². The van der Waals surface area contributed by atoms with Crippen LogP contribution in [0.2, 0.25) is 0 Å². The van der Waals surface area contributed by atoms with Crippen LogP contribution in [0.5, 0.6) is 0 Å². The van der Waals surface area contributed by atoms with E-state index < -0.39 is 11.9 Å². The highest BCUT2D eigenvalue weighted by Crippen LogP contribution is 2.28. The number of carbonyl (C=O) groups is 1. The van der Waals surface area contributed by atoms with Gasteiger partial charge in [-0.15, -0.1) is 0 Å². The maximum absolute atomic E-state index is 12.4. The molecule has 0 radical (unpaired) electrons. The molecule has 6 heteroatoms. The molecule has 0 aromatic carbocycles. The largest absolute Gasteiger partial charge is 0.433 e. The third-order valence-corrected chi connectivity index (χ3v) is 2.38. The summed E-state index contributed by atoms with van der Waals surface area (Å²) >= 11 is 0. The highest BCUT2D eigenvalue weighted by Gasteiger charge is 2.32. The Hall–Kier alpha value is -1.59. The second-order valence-electron chi connectivity index (χ2n) is 3.73. The Labute approximate surface area is 97.0 Å². The van der Waals surface area contributed by atoms with E-state index in [9.17, 15) is 18.0 Å². The summed E-state index contributed by atoms with van der Waals surface area (Å²) in [5.74, 6) is -0.538. The maximum atomic E-state index is 12.4. The van der Waals surface area contributed by atoms with Crippen LogP contribution in [0.25, 0.3) is 0 Å². The smallest absolute Gasteiger partial charge is 0.326 e. The minimum absolute atomic E-state index is 0.109. The van der Waals surface area contributed by atoms with Crippen LogP contribution in [-0.2, 0) is 11.0 Å². The summed E-state index contributed by atoms with van der Waals surface area (Å²) in [6.07, 6.45) is -2.85. The Bertz CT molecular complexity index is 404. The van der Waals surface area contributed by atoms with Gasteiger partial charge in [0.1, 0.15) is 5.69 Å². The number of hydrogen-bond acceptors (Lipinski definition) is 2. The molecule has 1 atom stereocenters. The number of aromatic nitrogens is 1. The molecule has 0 aliphatic rings. The van der Waals surface area contributed by atoms with Crippen molar-refractivity contribution in [3.63, 3.8) is 0 Å². The topological polar surface area (TPSA) is 42.0 Å². The van der Waals surface area contributed by atoms with Crippen molar-refractivity contribution in [1.29, 1.82) is 0 Å². The summed E-state index contributed by atoms with van der Waals surface area (Å²) in [5, 5.41) is 2.43. The molecule has 0 spiro atoms. The fourth-order valence-corrected chi connectivity index (χ4v) is 1.11. The van der Waals surface area contributed by atoms with Crippen molar-refractivity contribution in [3.8, 4) is 0 Å². The normalized spacial score (nSPS) is 13.2. The minimum atomic E-state index is -4.50. The van der Waals surface area contributed by atoms with Gasteiger partial charge in [0.05, 0.1) is 0 Å². The van der Waals surface area contributed by atoms with Gasteiger partial charge in [0.25, 0.3) is 0 Å². The molecule has 0 saturated heterocycles. The van der Waals surface area contributed by atoms with Gasteiger partial charge in [-0.25, -0.2) is 0 Å². The number of amides is 1. The Kier molecular flexibility index (Phi) is 4.09. The summed E-state index contributed by atoms with van der Waals surface area (Å²) < 4.78 is 37.1. The minimum Gasteiger partial charge on any atom is -0.326 e. The van der Waals surface area contributed by atoms with E-state index in [-0.39, 0.29) is 17.5 Å². The quantitative estimate of drug-likeness (QED) is 0.890. The third kappa shape index (κ3) is 3.72. The highest BCUT2D eigenvalue weighted by atomic mass is 19.4. The molecule has 3 nitrogen and oxygen atoms in total. The number of hydrogen-bond donors (Lipinski definition) is 1. The number of alkyl halides is 3. The number of pyridine rings is 1. The number of anilines is 1. The van der Waals surface area contributed by atoms with Gasteiger partial charge in [-0.3, -0.25) is 9.78 Å². The van der Waals surface area contributed by atoms with E-state index in [1.54, 1.807) is 6.92 Å². The fourth-order valence-electron chi connectivity index (χ4n) is 1.11. The van der Waals surface area contributed by atoms with Gasteiger partial charge in [-0.1, -0.05) is 13.8 Å². The SMILES string of the molecule is CCC(C)C(=O)Nc1ccnc(C(F)(F)F)c1. The molecule has 94 valence electrons. The maximum Gasteiger partial charge on any atom is 0.433 e. The lowest BCUT2D eigenvalue weighted by atomic mass is 10.1. The molecule has 1 amide bonds. The standard InChI is InChI=1S/C11H13F3N2O/c1-3-7(2)10(17)16-8-4-5-15-9(6-8)11(12,13)14/h4-7H,3H2,1-2H3,(H,15,16,17). The molecule has 17 heavy (non-hydrogen) atoms. The number of rotatable bonds is 3. The number of nitrogens with zero attached hydrogens (tertiary/aromatic N) is 1. The van der Waals surface area contributed by atoms with Gasteiger partial charge in [0.2, 0.25) is 5.91 Å². The summed E-state index contributed by atoms with van der Waals surface area (Å²) in [6, 6.07) is 2.15. The zero-order valence-electron chi connectivity index (χ0n) is 9.51. The molecular formula is C11H13F3N2O. The zero-order valence-corrected chi connectivity index (χ0v) is 9.51. The molecule has 0 saturated carbocycles. The Morgan fingerprint density at radius 2 is 2.18 bits per heavy atom. The lowest BCUT2D eigenvalue weighted by Crippen LogP contribution is -2.20. The van der Waals surface area contributed by atoms with Gasteiger partial charge in [-0.2, -0.15) is 13.2 Å². The van der Waals surface area contributed by atoms with Gasteiger partial charge in [0.15, 0.2) is 0 Å². The van der Waals surface area contributed by atoms with E-state index >= 15 is 0 Å². The average Bonchev–Trinajstić information content (AvgIpc) is 2.27. The number of nitrogens with one attached hydrogen (secondary N) is 1. The molecular weight excluding hydrogens is 233 g/mol. The lowest BCUT2D eigenvalue weighted by molar-refractivity contribution is -0.141. The number of carbonyl (C=O) groups excluding carboxylic acids is 1. The van der Waals surface area contributed by atoms with Gasteiger partial charge < -0.3 is 5.32 Å². The Balaban J connectivity index is 2.83. The summed E-state index contributed by atoms with van der Waals surface area (Å²) in [4.78, 5) is 14.7. The first-order valence-electron chi connectivity index (χ1n) is 5.18. The first kappa shape index (κ1) is 13.5. The first-order chi connectivity index (χ1) is 7.84. The molecule has 0 aliphatic carbocycles. The van der Waals surface area contributed by atoms with Crippen LogP contribution >= 0.6 is 0 Å². The van der Waals surface area contributed by atoms with Crippen molar-refractivity contribution in [2.75, 3.05) is 5.32 Å². The lowest BCUT2D eigenvalue weighted by Gasteiger charge is -2.11.